The first-order valence-corrected chi connectivity index (χ1v) is 21.5. The number of halogens is 12. The van der Waals surface area contributed by atoms with E-state index in [0.29, 0.717) is 0 Å². The maximum absolute atomic E-state index is 13.7. The molecule has 0 saturated carbocycles. The van der Waals surface area contributed by atoms with Crippen LogP contribution in [0.5, 0.6) is 0 Å². The Bertz CT molecular complexity index is 1520. The minimum absolute atomic E-state index is 0.202. The molecule has 0 aromatic rings. The Balaban J connectivity index is 0. The van der Waals surface area contributed by atoms with Crippen LogP contribution >= 0.6 is 0 Å². The number of hydrogen-bond donors (Lipinski definition) is 4. The molecule has 0 aliphatic carbocycles. The summed E-state index contributed by atoms with van der Waals surface area (Å²) in [6.07, 6.45) is -23.7. The highest BCUT2D eigenvalue weighted by atomic mass is 19.4. The lowest BCUT2D eigenvalue weighted by Gasteiger charge is -2.40. The van der Waals surface area contributed by atoms with Crippen LogP contribution in [0.15, 0.2) is 0 Å². The molecule has 0 heterocycles. The zero-order chi connectivity index (χ0) is 54.8. The van der Waals surface area contributed by atoms with Crippen LogP contribution in [0.3, 0.4) is 0 Å². The van der Waals surface area contributed by atoms with Gasteiger partial charge in [0, 0.05) is 24.2 Å². The van der Waals surface area contributed by atoms with Gasteiger partial charge >= 0.3 is 48.7 Å². The first kappa shape index (κ1) is 65.7. The monoisotopic (exact) mass is 1010 g/mol. The number of urea groups is 2. The smallest absolute Gasteiger partial charge is 0.403 e. The third-order valence-corrected chi connectivity index (χ3v) is 8.83. The Morgan fingerprint density at radius 3 is 0.765 bits per heavy atom. The summed E-state index contributed by atoms with van der Waals surface area (Å²) >= 11 is 0. The molecule has 0 aliphatic rings. The van der Waals surface area contributed by atoms with Crippen LogP contribution in [0.25, 0.3) is 0 Å². The normalized spacial score (nSPS) is 14.9. The third kappa shape index (κ3) is 21.9. The number of carbonyl (C=O) groups excluding carboxylic acids is 6. The van der Waals surface area contributed by atoms with Crippen LogP contribution in [0.4, 0.5) is 62.3 Å². The van der Waals surface area contributed by atoms with Crippen molar-refractivity contribution in [3.05, 3.63) is 0 Å². The van der Waals surface area contributed by atoms with Crippen molar-refractivity contribution in [1.29, 1.82) is 0 Å². The topological polar surface area (TPSA) is 175 Å². The van der Waals surface area contributed by atoms with Gasteiger partial charge in [-0.1, -0.05) is 27.7 Å². The lowest BCUT2D eigenvalue weighted by Crippen LogP contribution is -2.65. The van der Waals surface area contributed by atoms with E-state index >= 15 is 0 Å². The Labute approximate surface area is 390 Å². The second-order valence-corrected chi connectivity index (χ2v) is 19.7. The number of alkyl halides is 12. The van der Waals surface area contributed by atoms with Crippen LogP contribution in [-0.4, -0.2) is 130 Å². The summed E-state index contributed by atoms with van der Waals surface area (Å²) in [5, 5.41) is 8.40. The highest BCUT2D eigenvalue weighted by Gasteiger charge is 2.66. The zero-order valence-electron chi connectivity index (χ0n) is 41.6. The zero-order valence-corrected chi connectivity index (χ0v) is 41.6. The van der Waals surface area contributed by atoms with Crippen molar-refractivity contribution in [1.82, 2.24) is 31.1 Å². The molecule has 0 aliphatic heterocycles. The molecule has 0 saturated heterocycles. The van der Waals surface area contributed by atoms with Gasteiger partial charge in [0.1, 0.15) is 35.4 Å². The van der Waals surface area contributed by atoms with Gasteiger partial charge in [-0.15, -0.1) is 0 Å². The highest BCUT2D eigenvalue weighted by Crippen LogP contribution is 2.45. The molecule has 0 aromatic heterocycles. The van der Waals surface area contributed by atoms with Gasteiger partial charge in [-0.25, -0.2) is 19.2 Å². The van der Waals surface area contributed by atoms with Gasteiger partial charge in [-0.2, -0.15) is 52.7 Å². The van der Waals surface area contributed by atoms with Gasteiger partial charge < -0.3 is 40.5 Å². The molecule has 26 heteroatoms. The molecule has 0 fully saturated rings. The van der Waals surface area contributed by atoms with E-state index in [9.17, 15) is 81.5 Å². The molecule has 0 radical (unpaired) electrons. The van der Waals surface area contributed by atoms with E-state index in [-0.39, 0.29) is 9.80 Å². The summed E-state index contributed by atoms with van der Waals surface area (Å²) in [4.78, 5) is 76.9. The minimum atomic E-state index is -5.93. The first-order chi connectivity index (χ1) is 30.0. The molecule has 0 spiro atoms. The van der Waals surface area contributed by atoms with Crippen molar-refractivity contribution in [2.45, 2.75) is 209 Å². The molecule has 0 bridgehead atoms. The van der Waals surface area contributed by atoms with Crippen molar-refractivity contribution in [2.75, 3.05) is 0 Å². The summed E-state index contributed by atoms with van der Waals surface area (Å²) in [7, 11) is 0. The third-order valence-electron chi connectivity index (χ3n) is 8.83. The van der Waals surface area contributed by atoms with E-state index in [2.05, 4.69) is 10.6 Å². The highest BCUT2D eigenvalue weighted by molar-refractivity contribution is 5.92. The van der Waals surface area contributed by atoms with Gasteiger partial charge in [0.25, 0.3) is 0 Å². The fourth-order valence-corrected chi connectivity index (χ4v) is 6.17. The molecular formula is C42H70F12N6O8. The van der Waals surface area contributed by atoms with Crippen molar-refractivity contribution in [3.63, 3.8) is 0 Å². The first-order valence-electron chi connectivity index (χ1n) is 21.5. The second-order valence-electron chi connectivity index (χ2n) is 19.7. The SMILES string of the molecule is CC(C)NC(=O)N(C(C)C)[C@H](C(=O)N[C@H](C(=O)OC(C)(C)C)C(C)C)C(C(F)(F)F)C(F)(F)F.CC(C)NC(=O)N(C(C)C)[C@H](C(=O)N[C@H](C(=O)OC(C)(C)C)C(C)C)C(C(F)(F)F)C(F)(F)F. The van der Waals surface area contributed by atoms with Crippen LogP contribution < -0.4 is 21.3 Å². The van der Waals surface area contributed by atoms with Gasteiger partial charge in [-0.3, -0.25) is 9.59 Å². The standard InChI is InChI=1S/2C21H35F6N3O4/c2*1-10(2)13(17(32)34-19(7,8)9)29-16(31)14(15(20(22,23)24)21(25,26)27)30(12(5)6)18(33)28-11(3)4/h2*10-15H,1-9H3,(H,28,33)(H,29,31)/t2*13-,14-/m00/s1. The Morgan fingerprint density at radius 2 is 0.618 bits per heavy atom. The summed E-state index contributed by atoms with van der Waals surface area (Å²) < 4.78 is 175. The van der Waals surface area contributed by atoms with Gasteiger partial charge in [0.2, 0.25) is 11.8 Å². The molecule has 400 valence electrons. The van der Waals surface area contributed by atoms with E-state index in [1.54, 1.807) is 0 Å². The van der Waals surface area contributed by atoms with Crippen molar-refractivity contribution >= 4 is 35.8 Å². The van der Waals surface area contributed by atoms with Crippen LogP contribution in [0, 0.1) is 23.7 Å². The molecule has 14 nitrogen and oxygen atoms in total. The van der Waals surface area contributed by atoms with E-state index in [1.165, 1.54) is 125 Å². The molecule has 68 heavy (non-hydrogen) atoms. The Kier molecular flexibility index (Phi) is 24.1. The van der Waals surface area contributed by atoms with E-state index in [4.69, 9.17) is 9.47 Å². The quantitative estimate of drug-likeness (QED) is 0.0877. The maximum atomic E-state index is 13.7. The molecule has 4 atom stereocenters. The van der Waals surface area contributed by atoms with E-state index in [1.807, 2.05) is 10.6 Å². The molecule has 0 unspecified atom stereocenters. The average molecular weight is 1020 g/mol. The Hall–Kier alpha value is -4.42. The number of amides is 6. The van der Waals surface area contributed by atoms with Gasteiger partial charge in [0.15, 0.2) is 11.8 Å². The van der Waals surface area contributed by atoms with Crippen molar-refractivity contribution < 1.29 is 90.9 Å². The van der Waals surface area contributed by atoms with Crippen LogP contribution in [0.2, 0.25) is 0 Å². The lowest BCUT2D eigenvalue weighted by molar-refractivity contribution is -0.296. The number of ether oxygens (including phenoxy) is 2. The largest absolute Gasteiger partial charge is 0.458 e. The van der Waals surface area contributed by atoms with E-state index < -0.39 is 144 Å². The van der Waals surface area contributed by atoms with Gasteiger partial charge in [-0.05, 0) is 109 Å². The average Bonchev–Trinajstić information content (AvgIpc) is 3.03. The number of esters is 2. The minimum Gasteiger partial charge on any atom is -0.458 e. The molecular weight excluding hydrogens is 944 g/mol. The maximum Gasteiger partial charge on any atom is 0.403 e. The predicted octanol–water partition coefficient (Wildman–Crippen LogP) is 8.81. The number of nitrogens with zero attached hydrogens (tertiary/aromatic N) is 2. The number of nitrogens with one attached hydrogen (secondary N) is 4. The summed E-state index contributed by atoms with van der Waals surface area (Å²) in [5.41, 5.74) is -2.06. The second kappa shape index (κ2) is 24.9. The molecule has 6 amide bonds. The molecule has 0 rings (SSSR count). The lowest BCUT2D eigenvalue weighted by atomic mass is 9.93. The predicted molar refractivity (Wildman–Crippen MR) is 225 cm³/mol. The number of rotatable bonds is 16. The van der Waals surface area contributed by atoms with Crippen LogP contribution in [-0.2, 0) is 28.7 Å². The Morgan fingerprint density at radius 1 is 0.397 bits per heavy atom. The summed E-state index contributed by atoms with van der Waals surface area (Å²) in [6, 6.07) is -15.5. The molecule has 0 aromatic carbocycles. The van der Waals surface area contributed by atoms with Crippen molar-refractivity contribution in [3.8, 4) is 0 Å². The molecule has 4 N–H and O–H groups in total. The number of hydrogen-bond acceptors (Lipinski definition) is 8. The fourth-order valence-electron chi connectivity index (χ4n) is 6.17. The van der Waals surface area contributed by atoms with Crippen molar-refractivity contribution in [2.24, 2.45) is 23.7 Å². The van der Waals surface area contributed by atoms with E-state index in [0.717, 1.165) is 0 Å². The fraction of sp³-hybridized carbons (Fsp3) is 0.857. The van der Waals surface area contributed by atoms with Crippen LogP contribution in [0.1, 0.15) is 125 Å². The summed E-state index contributed by atoms with van der Waals surface area (Å²) in [6.45, 7) is 25.3. The number of carbonyl (C=O) groups is 6. The summed E-state index contributed by atoms with van der Waals surface area (Å²) in [5.74, 6) is -15.5. The van der Waals surface area contributed by atoms with Gasteiger partial charge in [0.05, 0.1) is 0 Å².